The summed E-state index contributed by atoms with van der Waals surface area (Å²) in [6.45, 7) is 2.51. The van der Waals surface area contributed by atoms with Crippen molar-refractivity contribution in [2.75, 3.05) is 32.9 Å². The van der Waals surface area contributed by atoms with Crippen LogP contribution in [0.15, 0.2) is 35.2 Å². The number of hydrogen-bond donors (Lipinski definition) is 1. The molecule has 1 heterocycles. The van der Waals surface area contributed by atoms with Crippen LogP contribution < -0.4 is 5.32 Å². The Morgan fingerprint density at radius 1 is 1.19 bits per heavy atom. The molecule has 6 nitrogen and oxygen atoms in total. The van der Waals surface area contributed by atoms with E-state index in [1.165, 1.54) is 31.2 Å². The van der Waals surface area contributed by atoms with Crippen LogP contribution in [0.3, 0.4) is 0 Å². The van der Waals surface area contributed by atoms with E-state index in [0.717, 1.165) is 12.5 Å². The van der Waals surface area contributed by atoms with E-state index in [1.807, 2.05) is 23.9 Å². The molecule has 1 atom stereocenters. The van der Waals surface area contributed by atoms with Crippen LogP contribution >= 0.6 is 23.2 Å². The predicted molar refractivity (Wildman–Crippen MR) is 134 cm³/mol. The molecule has 1 fully saturated rings. The Kier molecular flexibility index (Phi) is 8.99. The maximum absolute atomic E-state index is 14.0. The third-order valence-corrected chi connectivity index (χ3v) is 8.70. The summed E-state index contributed by atoms with van der Waals surface area (Å²) in [4.78, 5) is 16.8. The highest BCUT2D eigenvalue weighted by Crippen LogP contribution is 2.37. The van der Waals surface area contributed by atoms with Gasteiger partial charge >= 0.3 is 6.18 Å². The van der Waals surface area contributed by atoms with E-state index >= 15 is 0 Å². The lowest BCUT2D eigenvalue weighted by Crippen LogP contribution is -2.31. The van der Waals surface area contributed by atoms with Crippen molar-refractivity contribution in [3.63, 3.8) is 0 Å². The number of nitrogens with zero attached hydrogens (tertiary/aromatic N) is 2. The third kappa shape index (κ3) is 6.72. The number of hydrogen-bond acceptors (Lipinski definition) is 5. The molecule has 0 bridgehead atoms. The second kappa shape index (κ2) is 11.3. The van der Waals surface area contributed by atoms with Gasteiger partial charge in [-0.25, -0.2) is 8.42 Å². The first kappa shape index (κ1) is 28.7. The van der Waals surface area contributed by atoms with Crippen molar-refractivity contribution in [2.24, 2.45) is 0 Å². The summed E-state index contributed by atoms with van der Waals surface area (Å²) in [5.41, 5.74) is -1.08. The van der Waals surface area contributed by atoms with E-state index in [9.17, 15) is 26.4 Å². The van der Waals surface area contributed by atoms with Gasteiger partial charge in [-0.15, -0.1) is 0 Å². The van der Waals surface area contributed by atoms with Crippen LogP contribution in [0.5, 0.6) is 0 Å². The zero-order chi connectivity index (χ0) is 26.8. The highest BCUT2D eigenvalue weighted by Gasteiger charge is 2.36. The molecule has 0 unspecified atom stereocenters. The van der Waals surface area contributed by atoms with Gasteiger partial charge in [0.05, 0.1) is 16.2 Å². The first-order valence-corrected chi connectivity index (χ1v) is 13.7. The molecule has 2 aromatic rings. The molecule has 1 saturated heterocycles. The molecule has 0 aliphatic carbocycles. The standard InChI is InChI=1S/C24H28Cl2F3N3O3S/c1-4-36(34,35)22-6-5-17(25)9-16(22)12-30-23(33)15-10-20(24(27,28)29)19(21(26)11-15)14-32-8-7-18(13-32)31(2)3/h5-6,9-11,18H,4,7-8,12-14H2,1-3H3,(H,30,33)/t18-/m1/s1. The zero-order valence-corrected chi connectivity index (χ0v) is 22.5. The van der Waals surface area contributed by atoms with E-state index in [2.05, 4.69) is 5.32 Å². The van der Waals surface area contributed by atoms with Crippen LogP contribution in [0, 0.1) is 0 Å². The number of carbonyl (C=O) groups is 1. The smallest absolute Gasteiger partial charge is 0.348 e. The van der Waals surface area contributed by atoms with Crippen LogP contribution in [0.4, 0.5) is 13.2 Å². The van der Waals surface area contributed by atoms with Crippen LogP contribution in [0.25, 0.3) is 0 Å². The molecule has 198 valence electrons. The van der Waals surface area contributed by atoms with Crippen molar-refractivity contribution in [3.05, 3.63) is 62.6 Å². The topological polar surface area (TPSA) is 69.7 Å². The Bertz CT molecular complexity index is 1240. The number of sulfone groups is 1. The van der Waals surface area contributed by atoms with E-state index in [-0.39, 0.29) is 56.5 Å². The van der Waals surface area contributed by atoms with Crippen molar-refractivity contribution in [3.8, 4) is 0 Å². The van der Waals surface area contributed by atoms with Gasteiger partial charge < -0.3 is 10.2 Å². The molecule has 1 aliphatic rings. The van der Waals surface area contributed by atoms with Crippen molar-refractivity contribution < 1.29 is 26.4 Å². The monoisotopic (exact) mass is 565 g/mol. The molecule has 2 aromatic carbocycles. The van der Waals surface area contributed by atoms with Gasteiger partial charge in [-0.1, -0.05) is 30.1 Å². The molecular weight excluding hydrogens is 538 g/mol. The molecule has 12 heteroatoms. The summed E-state index contributed by atoms with van der Waals surface area (Å²) in [5, 5.41) is 2.60. The first-order valence-electron chi connectivity index (χ1n) is 11.3. The number of nitrogens with one attached hydrogen (secondary N) is 1. The Morgan fingerprint density at radius 2 is 1.89 bits per heavy atom. The molecule has 0 radical (unpaired) electrons. The summed E-state index contributed by atoms with van der Waals surface area (Å²) in [6, 6.07) is 6.41. The van der Waals surface area contributed by atoms with Gasteiger partial charge in [0.15, 0.2) is 9.84 Å². The van der Waals surface area contributed by atoms with Gasteiger partial charge in [-0.3, -0.25) is 9.69 Å². The Labute approximate surface area is 219 Å². The van der Waals surface area contributed by atoms with E-state index in [4.69, 9.17) is 23.2 Å². The Morgan fingerprint density at radius 3 is 2.47 bits per heavy atom. The number of benzene rings is 2. The number of alkyl halides is 3. The number of amides is 1. The molecular formula is C24H28Cl2F3N3O3S. The maximum atomic E-state index is 14.0. The zero-order valence-electron chi connectivity index (χ0n) is 20.1. The van der Waals surface area contributed by atoms with Gasteiger partial charge in [0.2, 0.25) is 0 Å². The lowest BCUT2D eigenvalue weighted by molar-refractivity contribution is -0.138. The van der Waals surface area contributed by atoms with Crippen LogP contribution in [-0.4, -0.2) is 63.1 Å². The number of likely N-dealkylation sites (N-methyl/N-ethyl adjacent to an activating group) is 1. The molecule has 0 saturated carbocycles. The average Bonchev–Trinajstić information content (AvgIpc) is 3.26. The number of halogens is 5. The molecule has 0 aromatic heterocycles. The summed E-state index contributed by atoms with van der Waals surface area (Å²) < 4.78 is 66.7. The summed E-state index contributed by atoms with van der Waals surface area (Å²) in [6.07, 6.45) is -3.88. The summed E-state index contributed by atoms with van der Waals surface area (Å²) >= 11 is 12.3. The highest BCUT2D eigenvalue weighted by atomic mass is 35.5. The minimum absolute atomic E-state index is 0.000650. The molecule has 0 spiro atoms. The average molecular weight is 566 g/mol. The molecule has 3 rings (SSSR count). The molecule has 36 heavy (non-hydrogen) atoms. The van der Waals surface area contributed by atoms with Crippen LogP contribution in [0.1, 0.15) is 40.4 Å². The summed E-state index contributed by atoms with van der Waals surface area (Å²) in [7, 11) is 0.256. The van der Waals surface area contributed by atoms with E-state index in [0.29, 0.717) is 13.1 Å². The van der Waals surface area contributed by atoms with Crippen molar-refractivity contribution >= 4 is 38.9 Å². The molecule has 1 aliphatic heterocycles. The lowest BCUT2D eigenvalue weighted by atomic mass is 10.0. The lowest BCUT2D eigenvalue weighted by Gasteiger charge is -2.23. The fourth-order valence-electron chi connectivity index (χ4n) is 4.20. The van der Waals surface area contributed by atoms with Crippen LogP contribution in [0.2, 0.25) is 10.0 Å². The minimum atomic E-state index is -4.72. The largest absolute Gasteiger partial charge is 0.416 e. The van der Waals surface area contributed by atoms with Crippen LogP contribution in [-0.2, 0) is 29.1 Å². The predicted octanol–water partition coefficient (Wildman–Crippen LogP) is 4.87. The van der Waals surface area contributed by atoms with Crippen molar-refractivity contribution in [1.82, 2.24) is 15.1 Å². The van der Waals surface area contributed by atoms with Crippen molar-refractivity contribution in [1.29, 1.82) is 0 Å². The quantitative estimate of drug-likeness (QED) is 0.494. The van der Waals surface area contributed by atoms with Gasteiger partial charge in [0, 0.05) is 47.8 Å². The van der Waals surface area contributed by atoms with Crippen molar-refractivity contribution in [2.45, 2.75) is 43.5 Å². The summed E-state index contributed by atoms with van der Waals surface area (Å²) in [5.74, 6) is -0.976. The Balaban J connectivity index is 1.86. The van der Waals surface area contributed by atoms with E-state index < -0.39 is 27.5 Å². The fourth-order valence-corrected chi connectivity index (χ4v) is 5.80. The van der Waals surface area contributed by atoms with E-state index in [1.54, 1.807) is 0 Å². The number of rotatable bonds is 8. The number of carbonyl (C=O) groups excluding carboxylic acids is 1. The van der Waals surface area contributed by atoms with Gasteiger partial charge in [0.1, 0.15) is 0 Å². The van der Waals surface area contributed by atoms with Gasteiger partial charge in [0.25, 0.3) is 5.91 Å². The first-order chi connectivity index (χ1) is 16.7. The molecule has 1 amide bonds. The number of likely N-dealkylation sites (tertiary alicyclic amines) is 1. The third-order valence-electron chi connectivity index (χ3n) is 6.30. The van der Waals surface area contributed by atoms with Gasteiger partial charge in [-0.05, 0) is 62.0 Å². The second-order valence-corrected chi connectivity index (χ2v) is 12.1. The highest BCUT2D eigenvalue weighted by molar-refractivity contribution is 7.91. The minimum Gasteiger partial charge on any atom is -0.348 e. The van der Waals surface area contributed by atoms with Gasteiger partial charge in [-0.2, -0.15) is 13.2 Å². The maximum Gasteiger partial charge on any atom is 0.416 e. The Hall–Kier alpha value is -1.85. The SMILES string of the molecule is CCS(=O)(=O)c1ccc(Cl)cc1CNC(=O)c1cc(Cl)c(CN2CC[C@@H](N(C)C)C2)c(C(F)(F)F)c1. The normalized spacial score (nSPS) is 17.1. The fraction of sp³-hybridized carbons (Fsp3) is 0.458. The molecule has 1 N–H and O–H groups in total. The second-order valence-electron chi connectivity index (χ2n) is 8.96.